The number of rotatable bonds is 5. The van der Waals surface area contributed by atoms with Crippen LogP contribution >= 0.6 is 0 Å². The van der Waals surface area contributed by atoms with E-state index in [2.05, 4.69) is 17.6 Å². The van der Waals surface area contributed by atoms with Crippen LogP contribution in [0.1, 0.15) is 26.7 Å². The van der Waals surface area contributed by atoms with Gasteiger partial charge >= 0.3 is 5.97 Å². The van der Waals surface area contributed by atoms with E-state index in [1.54, 1.807) is 0 Å². The number of carbonyl (C=O) groups is 1. The lowest BCUT2D eigenvalue weighted by Crippen LogP contribution is -2.60. The lowest BCUT2D eigenvalue weighted by Gasteiger charge is -2.43. The Bertz CT molecular complexity index is 435. The molecule has 1 heterocycles. The van der Waals surface area contributed by atoms with Crippen molar-refractivity contribution >= 4 is 11.7 Å². The van der Waals surface area contributed by atoms with Crippen molar-refractivity contribution in [2.45, 2.75) is 32.2 Å². The molecule has 110 valence electrons. The second-order valence-electron chi connectivity index (χ2n) is 5.24. The smallest absolute Gasteiger partial charge is 0.332 e. The lowest BCUT2D eigenvalue weighted by atomic mass is 9.76. The van der Waals surface area contributed by atoms with Crippen molar-refractivity contribution in [3.8, 4) is 0 Å². The van der Waals surface area contributed by atoms with Crippen molar-refractivity contribution in [1.29, 1.82) is 0 Å². The first-order chi connectivity index (χ1) is 9.73. The summed E-state index contributed by atoms with van der Waals surface area (Å²) in [7, 11) is 0. The highest BCUT2D eigenvalue weighted by atomic mass is 16.5. The molecule has 2 atom stereocenters. The van der Waals surface area contributed by atoms with Gasteiger partial charge in [0.2, 0.25) is 0 Å². The summed E-state index contributed by atoms with van der Waals surface area (Å²) in [6.45, 7) is 6.07. The molecule has 1 aromatic rings. The Morgan fingerprint density at radius 3 is 2.80 bits per heavy atom. The van der Waals surface area contributed by atoms with Gasteiger partial charge in [0.05, 0.1) is 6.61 Å². The lowest BCUT2D eigenvalue weighted by molar-refractivity contribution is -0.151. The average molecular weight is 276 g/mol. The van der Waals surface area contributed by atoms with E-state index in [9.17, 15) is 4.79 Å². The first-order valence-electron chi connectivity index (χ1n) is 7.44. The van der Waals surface area contributed by atoms with E-state index >= 15 is 0 Å². The monoisotopic (exact) mass is 276 g/mol. The molecule has 1 fully saturated rings. The summed E-state index contributed by atoms with van der Waals surface area (Å²) in [6.07, 6.45) is 1.69. The second-order valence-corrected chi connectivity index (χ2v) is 5.24. The predicted molar refractivity (Wildman–Crippen MR) is 80.7 cm³/mol. The Labute approximate surface area is 120 Å². The maximum absolute atomic E-state index is 12.6. The van der Waals surface area contributed by atoms with Gasteiger partial charge in [0.25, 0.3) is 0 Å². The molecule has 2 rings (SSSR count). The Morgan fingerprint density at radius 1 is 1.40 bits per heavy atom. The van der Waals surface area contributed by atoms with Gasteiger partial charge < -0.3 is 15.4 Å². The largest absolute Gasteiger partial charge is 0.464 e. The summed E-state index contributed by atoms with van der Waals surface area (Å²) in [4.78, 5) is 12.6. The molecular formula is C16H24N2O2. The molecule has 0 radical (unpaired) electrons. The van der Waals surface area contributed by atoms with E-state index in [-0.39, 0.29) is 11.9 Å². The predicted octanol–water partition coefficient (Wildman–Crippen LogP) is 2.42. The van der Waals surface area contributed by atoms with E-state index in [4.69, 9.17) is 4.74 Å². The number of anilines is 1. The number of para-hydroxylation sites is 1. The van der Waals surface area contributed by atoms with Crippen molar-refractivity contribution in [2.24, 2.45) is 5.92 Å². The quantitative estimate of drug-likeness (QED) is 0.811. The van der Waals surface area contributed by atoms with Gasteiger partial charge in [0.15, 0.2) is 0 Å². The summed E-state index contributed by atoms with van der Waals surface area (Å²) in [6, 6.07) is 9.92. The van der Waals surface area contributed by atoms with Gasteiger partial charge in [-0.15, -0.1) is 0 Å². The third-order valence-electron chi connectivity index (χ3n) is 4.06. The van der Waals surface area contributed by atoms with E-state index in [0.29, 0.717) is 6.61 Å². The molecule has 0 aliphatic carbocycles. The Balaban J connectivity index is 2.29. The second kappa shape index (κ2) is 6.75. The topological polar surface area (TPSA) is 50.4 Å². The fourth-order valence-electron chi connectivity index (χ4n) is 2.96. The number of carbonyl (C=O) groups excluding carboxylic acids is 1. The Kier molecular flexibility index (Phi) is 5.01. The van der Waals surface area contributed by atoms with Crippen molar-refractivity contribution in [2.75, 3.05) is 25.0 Å². The van der Waals surface area contributed by atoms with Crippen molar-refractivity contribution in [3.05, 3.63) is 30.3 Å². The van der Waals surface area contributed by atoms with Crippen LogP contribution in [0.3, 0.4) is 0 Å². The molecule has 0 aromatic heterocycles. The molecule has 0 bridgehead atoms. The average Bonchev–Trinajstić information content (AvgIpc) is 2.49. The zero-order valence-electron chi connectivity index (χ0n) is 12.3. The van der Waals surface area contributed by atoms with Crippen molar-refractivity contribution in [1.82, 2.24) is 5.32 Å². The molecule has 1 aliphatic rings. The van der Waals surface area contributed by atoms with Crippen LogP contribution in [-0.4, -0.2) is 31.2 Å². The highest BCUT2D eigenvalue weighted by Crippen LogP contribution is 2.32. The molecule has 4 nitrogen and oxygen atoms in total. The van der Waals surface area contributed by atoms with Crippen LogP contribution in [0.4, 0.5) is 5.69 Å². The molecular weight excluding hydrogens is 252 g/mol. The van der Waals surface area contributed by atoms with Crippen LogP contribution in [-0.2, 0) is 9.53 Å². The number of nitrogens with one attached hydrogen (secondary N) is 2. The van der Waals surface area contributed by atoms with E-state index < -0.39 is 5.54 Å². The standard InChI is InChI=1S/C16H24N2O2/c1-3-13-12-17-11-10-16(13,15(19)20-4-2)18-14-8-6-5-7-9-14/h5-9,13,17-18H,3-4,10-12H2,1-2H3. The van der Waals surface area contributed by atoms with Gasteiger partial charge in [-0.05, 0) is 38.4 Å². The number of piperidine rings is 1. The molecule has 1 aliphatic heterocycles. The molecule has 1 saturated heterocycles. The van der Waals surface area contributed by atoms with Crippen LogP contribution in [0.25, 0.3) is 0 Å². The summed E-state index contributed by atoms with van der Waals surface area (Å²) in [5.41, 5.74) is 0.359. The first kappa shape index (κ1) is 14.9. The van der Waals surface area contributed by atoms with Crippen LogP contribution in [0, 0.1) is 5.92 Å². The number of hydrogen-bond donors (Lipinski definition) is 2. The molecule has 2 unspecified atom stereocenters. The normalized spacial score (nSPS) is 26.0. The minimum Gasteiger partial charge on any atom is -0.464 e. The van der Waals surface area contributed by atoms with E-state index in [1.807, 2.05) is 37.3 Å². The summed E-state index contributed by atoms with van der Waals surface area (Å²) < 4.78 is 5.36. The van der Waals surface area contributed by atoms with Gasteiger partial charge in [-0.3, -0.25) is 0 Å². The summed E-state index contributed by atoms with van der Waals surface area (Å²) >= 11 is 0. The molecule has 2 N–H and O–H groups in total. The van der Waals surface area contributed by atoms with Gasteiger partial charge in [-0.2, -0.15) is 0 Å². The SMILES string of the molecule is CCOC(=O)C1(Nc2ccccc2)CCNCC1CC. The highest BCUT2D eigenvalue weighted by Gasteiger charge is 2.47. The third-order valence-corrected chi connectivity index (χ3v) is 4.06. The number of benzene rings is 1. The zero-order valence-corrected chi connectivity index (χ0v) is 12.3. The minimum absolute atomic E-state index is 0.128. The van der Waals surface area contributed by atoms with Gasteiger partial charge in [-0.1, -0.05) is 25.1 Å². The molecule has 0 amide bonds. The van der Waals surface area contributed by atoms with E-state index in [1.165, 1.54) is 0 Å². The maximum Gasteiger partial charge on any atom is 0.332 e. The summed E-state index contributed by atoms with van der Waals surface area (Å²) in [5.74, 6) is 0.104. The molecule has 0 saturated carbocycles. The van der Waals surface area contributed by atoms with E-state index in [0.717, 1.165) is 31.6 Å². The number of ether oxygens (including phenoxy) is 1. The fourth-order valence-corrected chi connectivity index (χ4v) is 2.96. The van der Waals surface area contributed by atoms with Crippen LogP contribution in [0.2, 0.25) is 0 Å². The van der Waals surface area contributed by atoms with Crippen molar-refractivity contribution < 1.29 is 9.53 Å². The molecule has 0 spiro atoms. The van der Waals surface area contributed by atoms with Gasteiger partial charge in [0, 0.05) is 18.2 Å². The molecule has 20 heavy (non-hydrogen) atoms. The number of esters is 1. The fraction of sp³-hybridized carbons (Fsp3) is 0.562. The minimum atomic E-state index is -0.614. The molecule has 4 heteroatoms. The van der Waals surface area contributed by atoms with Crippen molar-refractivity contribution in [3.63, 3.8) is 0 Å². The van der Waals surface area contributed by atoms with Crippen LogP contribution < -0.4 is 10.6 Å². The maximum atomic E-state index is 12.6. The van der Waals surface area contributed by atoms with Crippen LogP contribution in [0.5, 0.6) is 0 Å². The Hall–Kier alpha value is -1.55. The van der Waals surface area contributed by atoms with Gasteiger partial charge in [-0.25, -0.2) is 4.79 Å². The number of hydrogen-bond acceptors (Lipinski definition) is 4. The molecule has 1 aromatic carbocycles. The first-order valence-corrected chi connectivity index (χ1v) is 7.44. The van der Waals surface area contributed by atoms with Crippen LogP contribution in [0.15, 0.2) is 30.3 Å². The Morgan fingerprint density at radius 2 is 2.15 bits per heavy atom. The summed E-state index contributed by atoms with van der Waals surface area (Å²) in [5, 5.41) is 6.84. The zero-order chi connectivity index (χ0) is 14.4. The third kappa shape index (κ3) is 2.96. The van der Waals surface area contributed by atoms with Gasteiger partial charge in [0.1, 0.15) is 5.54 Å². The highest BCUT2D eigenvalue weighted by molar-refractivity contribution is 5.85.